The molecule has 16 heavy (non-hydrogen) atoms. The van der Waals surface area contributed by atoms with Crippen LogP contribution in [0.3, 0.4) is 0 Å². The van der Waals surface area contributed by atoms with Crippen molar-refractivity contribution in [2.75, 3.05) is 20.3 Å². The van der Waals surface area contributed by atoms with Crippen molar-refractivity contribution in [1.29, 1.82) is 0 Å². The van der Waals surface area contributed by atoms with Crippen molar-refractivity contribution in [3.05, 3.63) is 17.5 Å². The average Bonchev–Trinajstić information content (AvgIpc) is 2.60. The minimum absolute atomic E-state index is 0.0473. The van der Waals surface area contributed by atoms with Gasteiger partial charge in [0.2, 0.25) is 0 Å². The second-order valence-electron chi connectivity index (χ2n) is 3.08. The normalized spacial score (nSPS) is 10.1. The van der Waals surface area contributed by atoms with Gasteiger partial charge in [-0.2, -0.15) is 5.10 Å². The van der Waals surface area contributed by atoms with E-state index in [9.17, 15) is 9.59 Å². The first-order valence-corrected chi connectivity index (χ1v) is 4.60. The molecule has 0 aliphatic rings. The molecular weight excluding hydrogens is 214 g/mol. The zero-order valence-electron chi connectivity index (χ0n) is 9.06. The number of methoxy groups -OCH3 is 1. The maximum Gasteiger partial charge on any atom is 0.354 e. The number of aryl methyl sites for hydroxylation is 1. The topological polar surface area (TPSA) is 93.5 Å². The van der Waals surface area contributed by atoms with Crippen LogP contribution in [-0.2, 0) is 11.8 Å². The molecule has 1 aromatic rings. The smallest absolute Gasteiger partial charge is 0.354 e. The molecule has 0 aliphatic heterocycles. The number of carbonyl (C=O) groups is 2. The predicted molar refractivity (Wildman–Crippen MR) is 54.4 cm³/mol. The number of carboxylic acids is 1. The van der Waals surface area contributed by atoms with Gasteiger partial charge < -0.3 is 15.2 Å². The fourth-order valence-corrected chi connectivity index (χ4v) is 1.22. The molecule has 0 aliphatic carbocycles. The number of aromatic carboxylic acids is 1. The maximum atomic E-state index is 11.6. The van der Waals surface area contributed by atoms with Gasteiger partial charge >= 0.3 is 5.97 Å². The molecule has 1 aromatic heterocycles. The van der Waals surface area contributed by atoms with Crippen LogP contribution in [0.2, 0.25) is 0 Å². The third-order valence-corrected chi connectivity index (χ3v) is 1.98. The van der Waals surface area contributed by atoms with Crippen LogP contribution in [0.5, 0.6) is 0 Å². The highest BCUT2D eigenvalue weighted by molar-refractivity contribution is 6.03. The number of aromatic nitrogens is 2. The number of ether oxygens (including phenoxy) is 1. The highest BCUT2D eigenvalue weighted by atomic mass is 16.5. The molecule has 2 N–H and O–H groups in total. The molecule has 0 atom stereocenters. The molecule has 0 radical (unpaired) electrons. The van der Waals surface area contributed by atoms with Crippen molar-refractivity contribution in [3.8, 4) is 0 Å². The van der Waals surface area contributed by atoms with Gasteiger partial charge in [0.1, 0.15) is 0 Å². The summed E-state index contributed by atoms with van der Waals surface area (Å²) in [6, 6.07) is 0. The summed E-state index contributed by atoms with van der Waals surface area (Å²) in [5, 5.41) is 15.1. The second kappa shape index (κ2) is 5.26. The Morgan fingerprint density at radius 2 is 2.31 bits per heavy atom. The zero-order valence-corrected chi connectivity index (χ0v) is 9.06. The van der Waals surface area contributed by atoms with Crippen LogP contribution in [0.15, 0.2) is 6.20 Å². The van der Waals surface area contributed by atoms with Gasteiger partial charge in [0.05, 0.1) is 18.4 Å². The van der Waals surface area contributed by atoms with Gasteiger partial charge in [-0.1, -0.05) is 0 Å². The molecule has 0 aromatic carbocycles. The van der Waals surface area contributed by atoms with E-state index in [1.807, 2.05) is 0 Å². The van der Waals surface area contributed by atoms with E-state index in [1.54, 1.807) is 0 Å². The van der Waals surface area contributed by atoms with Crippen LogP contribution in [0.1, 0.15) is 20.8 Å². The Bertz CT molecular complexity index is 399. The number of carboxylic acid groups (broad SMARTS) is 1. The van der Waals surface area contributed by atoms with Crippen LogP contribution in [0.4, 0.5) is 0 Å². The standard InChI is InChI=1S/C9H13N3O4/c1-12-7(9(14)15)6(5-11-12)8(13)10-3-4-16-2/h5H,3-4H2,1-2H3,(H,10,13)(H,14,15). The largest absolute Gasteiger partial charge is 0.477 e. The Hall–Kier alpha value is -1.89. The van der Waals surface area contributed by atoms with E-state index in [2.05, 4.69) is 10.4 Å². The third-order valence-electron chi connectivity index (χ3n) is 1.98. The molecule has 1 rings (SSSR count). The van der Waals surface area contributed by atoms with E-state index in [0.29, 0.717) is 13.2 Å². The molecule has 7 heteroatoms. The van der Waals surface area contributed by atoms with Crippen LogP contribution >= 0.6 is 0 Å². The van der Waals surface area contributed by atoms with E-state index >= 15 is 0 Å². The van der Waals surface area contributed by atoms with Crippen molar-refractivity contribution in [2.24, 2.45) is 7.05 Å². The van der Waals surface area contributed by atoms with Gasteiger partial charge in [-0.05, 0) is 0 Å². The fourth-order valence-electron chi connectivity index (χ4n) is 1.22. The Labute approximate surface area is 92.0 Å². The van der Waals surface area contributed by atoms with Gasteiger partial charge in [-0.15, -0.1) is 0 Å². The lowest BCUT2D eigenvalue weighted by atomic mass is 10.2. The maximum absolute atomic E-state index is 11.6. The van der Waals surface area contributed by atoms with Crippen LogP contribution in [-0.4, -0.2) is 47.0 Å². The molecule has 1 heterocycles. The Kier molecular flexibility index (Phi) is 4.01. The van der Waals surface area contributed by atoms with Crippen LogP contribution in [0, 0.1) is 0 Å². The van der Waals surface area contributed by atoms with Crippen molar-refractivity contribution >= 4 is 11.9 Å². The number of rotatable bonds is 5. The minimum Gasteiger partial charge on any atom is -0.477 e. The van der Waals surface area contributed by atoms with Crippen molar-refractivity contribution in [3.63, 3.8) is 0 Å². The van der Waals surface area contributed by atoms with Gasteiger partial charge in [-0.3, -0.25) is 9.48 Å². The quantitative estimate of drug-likeness (QED) is 0.661. The number of nitrogens with one attached hydrogen (secondary N) is 1. The summed E-state index contributed by atoms with van der Waals surface area (Å²) in [6.45, 7) is 0.692. The summed E-state index contributed by atoms with van der Waals surface area (Å²) in [4.78, 5) is 22.4. The predicted octanol–water partition coefficient (Wildman–Crippen LogP) is -0.505. The Morgan fingerprint density at radius 3 is 2.88 bits per heavy atom. The molecule has 0 fully saturated rings. The fraction of sp³-hybridized carbons (Fsp3) is 0.444. The van der Waals surface area contributed by atoms with E-state index < -0.39 is 11.9 Å². The number of nitrogens with zero attached hydrogens (tertiary/aromatic N) is 2. The lowest BCUT2D eigenvalue weighted by Crippen LogP contribution is -2.28. The summed E-state index contributed by atoms with van der Waals surface area (Å²) in [6.07, 6.45) is 1.23. The number of carbonyl (C=O) groups excluding carboxylic acids is 1. The second-order valence-corrected chi connectivity index (χ2v) is 3.08. The van der Waals surface area contributed by atoms with Crippen molar-refractivity contribution in [1.82, 2.24) is 15.1 Å². The highest BCUT2D eigenvalue weighted by Crippen LogP contribution is 2.06. The summed E-state index contributed by atoms with van der Waals surface area (Å²) in [7, 11) is 2.98. The van der Waals surface area contributed by atoms with Crippen LogP contribution in [0.25, 0.3) is 0 Å². The first kappa shape index (κ1) is 12.2. The lowest BCUT2D eigenvalue weighted by molar-refractivity contribution is 0.0679. The third kappa shape index (κ3) is 2.57. The molecular formula is C9H13N3O4. The minimum atomic E-state index is -1.18. The van der Waals surface area contributed by atoms with Gasteiger partial charge in [-0.25, -0.2) is 4.79 Å². The number of hydrogen-bond acceptors (Lipinski definition) is 4. The van der Waals surface area contributed by atoms with Gasteiger partial charge in [0.15, 0.2) is 5.69 Å². The van der Waals surface area contributed by atoms with Crippen molar-refractivity contribution < 1.29 is 19.4 Å². The first-order valence-electron chi connectivity index (χ1n) is 4.60. The van der Waals surface area contributed by atoms with E-state index in [1.165, 1.54) is 20.4 Å². The molecule has 1 amide bonds. The first-order chi connectivity index (χ1) is 7.57. The summed E-state index contributed by atoms with van der Waals surface area (Å²) in [5.41, 5.74) is -0.0824. The van der Waals surface area contributed by atoms with Gasteiger partial charge in [0.25, 0.3) is 5.91 Å². The zero-order chi connectivity index (χ0) is 12.1. The van der Waals surface area contributed by atoms with Crippen molar-refractivity contribution in [2.45, 2.75) is 0 Å². The molecule has 0 bridgehead atoms. The molecule has 0 unspecified atom stereocenters. The van der Waals surface area contributed by atoms with Crippen LogP contribution < -0.4 is 5.32 Å². The monoisotopic (exact) mass is 227 g/mol. The van der Waals surface area contributed by atoms with E-state index in [4.69, 9.17) is 9.84 Å². The summed E-state index contributed by atoms with van der Waals surface area (Å²) < 4.78 is 5.91. The van der Waals surface area contributed by atoms with E-state index in [0.717, 1.165) is 4.68 Å². The molecule has 88 valence electrons. The molecule has 0 spiro atoms. The summed E-state index contributed by atoms with van der Waals surface area (Å²) >= 11 is 0. The van der Waals surface area contributed by atoms with Gasteiger partial charge in [0, 0.05) is 20.7 Å². The average molecular weight is 227 g/mol. The molecule has 7 nitrogen and oxygen atoms in total. The molecule has 0 saturated carbocycles. The summed E-state index contributed by atoms with van der Waals surface area (Å²) in [5.74, 6) is -1.65. The SMILES string of the molecule is COCCNC(=O)c1cnn(C)c1C(=O)O. The Morgan fingerprint density at radius 1 is 1.62 bits per heavy atom. The number of hydrogen-bond donors (Lipinski definition) is 2. The Balaban J connectivity index is 2.79. The highest BCUT2D eigenvalue weighted by Gasteiger charge is 2.20. The van der Waals surface area contributed by atoms with E-state index in [-0.39, 0.29) is 11.3 Å². The molecule has 0 saturated heterocycles. The lowest BCUT2D eigenvalue weighted by Gasteiger charge is -2.03. The number of amides is 1.